The van der Waals surface area contributed by atoms with Crippen molar-refractivity contribution in [2.24, 2.45) is 0 Å². The molecule has 0 saturated carbocycles. The first-order valence-corrected chi connectivity index (χ1v) is 7.90. The van der Waals surface area contributed by atoms with Gasteiger partial charge in [0.1, 0.15) is 0 Å². The molecule has 1 rings (SSSR count). The van der Waals surface area contributed by atoms with Gasteiger partial charge in [-0.15, -0.1) is 0 Å². The number of nitrogens with zero attached hydrogens (tertiary/aromatic N) is 1. The minimum Gasteiger partial charge on any atom is -0.383 e. The molecule has 1 aliphatic heterocycles. The summed E-state index contributed by atoms with van der Waals surface area (Å²) in [5, 5.41) is 3.49. The van der Waals surface area contributed by atoms with Crippen LogP contribution in [0.1, 0.15) is 39.0 Å². The molecule has 1 saturated heterocycles. The molecule has 0 spiro atoms. The Balaban J connectivity index is 2.12. The van der Waals surface area contributed by atoms with Crippen molar-refractivity contribution in [3.05, 3.63) is 0 Å². The monoisotopic (exact) mass is 272 g/mol. The van der Waals surface area contributed by atoms with Crippen LogP contribution in [-0.4, -0.2) is 64.1 Å². The summed E-state index contributed by atoms with van der Waals surface area (Å²) in [4.78, 5) is 2.59. The molecule has 0 aromatic rings. The average Bonchev–Trinajstić information content (AvgIpc) is 2.45. The van der Waals surface area contributed by atoms with E-state index >= 15 is 0 Å². The second kappa shape index (κ2) is 11.6. The molecule has 19 heavy (non-hydrogen) atoms. The zero-order valence-corrected chi connectivity index (χ0v) is 12.8. The molecule has 1 aliphatic rings. The Hall–Kier alpha value is -0.160. The Kier molecular flexibility index (Phi) is 10.4. The van der Waals surface area contributed by atoms with Crippen LogP contribution in [0.3, 0.4) is 0 Å². The van der Waals surface area contributed by atoms with Gasteiger partial charge in [-0.05, 0) is 25.8 Å². The minimum atomic E-state index is 0.681. The summed E-state index contributed by atoms with van der Waals surface area (Å²) >= 11 is 0. The van der Waals surface area contributed by atoms with Crippen LogP contribution in [0.15, 0.2) is 0 Å². The summed E-state index contributed by atoms with van der Waals surface area (Å²) in [6.07, 6.45) is 6.42. The number of hydrogen-bond acceptors (Lipinski definition) is 4. The van der Waals surface area contributed by atoms with Gasteiger partial charge in [0.2, 0.25) is 0 Å². The highest BCUT2D eigenvalue weighted by Crippen LogP contribution is 2.15. The fourth-order valence-corrected chi connectivity index (χ4v) is 2.56. The van der Waals surface area contributed by atoms with Gasteiger partial charge in [0.05, 0.1) is 13.2 Å². The summed E-state index contributed by atoms with van der Waals surface area (Å²) in [6.45, 7) is 9.15. The van der Waals surface area contributed by atoms with Crippen molar-refractivity contribution in [1.29, 1.82) is 0 Å². The van der Waals surface area contributed by atoms with Gasteiger partial charge in [-0.1, -0.05) is 19.8 Å². The SMILES string of the molecule is CCCCOCCN1CCCCC1CNCCOC. The van der Waals surface area contributed by atoms with E-state index in [4.69, 9.17) is 9.47 Å². The summed E-state index contributed by atoms with van der Waals surface area (Å²) in [5.74, 6) is 0. The molecule has 1 fully saturated rings. The van der Waals surface area contributed by atoms with Crippen LogP contribution < -0.4 is 5.32 Å². The third-order valence-corrected chi connectivity index (χ3v) is 3.78. The molecule has 4 nitrogen and oxygen atoms in total. The van der Waals surface area contributed by atoms with Crippen LogP contribution >= 0.6 is 0 Å². The van der Waals surface area contributed by atoms with Crippen LogP contribution in [-0.2, 0) is 9.47 Å². The van der Waals surface area contributed by atoms with Crippen molar-refractivity contribution in [3.8, 4) is 0 Å². The van der Waals surface area contributed by atoms with Gasteiger partial charge in [0.25, 0.3) is 0 Å². The maximum absolute atomic E-state index is 5.69. The smallest absolute Gasteiger partial charge is 0.0593 e. The lowest BCUT2D eigenvalue weighted by molar-refractivity contribution is 0.0696. The quantitative estimate of drug-likeness (QED) is 0.582. The number of piperidine rings is 1. The molecular formula is C15H32N2O2. The maximum atomic E-state index is 5.69. The predicted molar refractivity (Wildman–Crippen MR) is 79.7 cm³/mol. The normalized spacial score (nSPS) is 20.8. The number of hydrogen-bond donors (Lipinski definition) is 1. The lowest BCUT2D eigenvalue weighted by atomic mass is 10.0. The van der Waals surface area contributed by atoms with E-state index in [1.54, 1.807) is 7.11 Å². The van der Waals surface area contributed by atoms with Crippen LogP contribution in [0.25, 0.3) is 0 Å². The summed E-state index contributed by atoms with van der Waals surface area (Å²) in [6, 6.07) is 0.681. The summed E-state index contributed by atoms with van der Waals surface area (Å²) < 4.78 is 10.8. The van der Waals surface area contributed by atoms with Gasteiger partial charge >= 0.3 is 0 Å². The molecule has 1 unspecified atom stereocenters. The number of rotatable bonds is 11. The Labute approximate surface area is 118 Å². The van der Waals surface area contributed by atoms with Crippen LogP contribution in [0, 0.1) is 0 Å². The molecule has 0 aromatic carbocycles. The second-order valence-corrected chi connectivity index (χ2v) is 5.35. The van der Waals surface area contributed by atoms with E-state index in [0.29, 0.717) is 6.04 Å². The van der Waals surface area contributed by atoms with Crippen molar-refractivity contribution >= 4 is 0 Å². The molecule has 0 radical (unpaired) electrons. The van der Waals surface area contributed by atoms with E-state index in [9.17, 15) is 0 Å². The first kappa shape index (κ1) is 16.9. The van der Waals surface area contributed by atoms with E-state index in [1.165, 1.54) is 38.6 Å². The molecule has 1 atom stereocenters. The molecule has 1 N–H and O–H groups in total. The third-order valence-electron chi connectivity index (χ3n) is 3.78. The molecule has 4 heteroatoms. The van der Waals surface area contributed by atoms with Gasteiger partial charge < -0.3 is 14.8 Å². The molecule has 0 amide bonds. The van der Waals surface area contributed by atoms with Crippen LogP contribution in [0.4, 0.5) is 0 Å². The van der Waals surface area contributed by atoms with Gasteiger partial charge in [-0.2, -0.15) is 0 Å². The number of nitrogens with one attached hydrogen (secondary N) is 1. The first-order valence-electron chi connectivity index (χ1n) is 7.90. The van der Waals surface area contributed by atoms with Crippen LogP contribution in [0.5, 0.6) is 0 Å². The van der Waals surface area contributed by atoms with Gasteiger partial charge in [0, 0.05) is 39.4 Å². The molecule has 0 bridgehead atoms. The van der Waals surface area contributed by atoms with Crippen molar-refractivity contribution in [2.45, 2.75) is 45.1 Å². The van der Waals surface area contributed by atoms with E-state index in [2.05, 4.69) is 17.1 Å². The Morgan fingerprint density at radius 1 is 1.21 bits per heavy atom. The lowest BCUT2D eigenvalue weighted by Crippen LogP contribution is -2.47. The lowest BCUT2D eigenvalue weighted by Gasteiger charge is -2.35. The topological polar surface area (TPSA) is 33.7 Å². The number of ether oxygens (including phenoxy) is 2. The van der Waals surface area contributed by atoms with E-state index in [-0.39, 0.29) is 0 Å². The third kappa shape index (κ3) is 7.88. The highest BCUT2D eigenvalue weighted by molar-refractivity contribution is 4.78. The van der Waals surface area contributed by atoms with Gasteiger partial charge in [-0.3, -0.25) is 4.90 Å². The molecular weight excluding hydrogens is 240 g/mol. The predicted octanol–water partition coefficient (Wildman–Crippen LogP) is 1.89. The molecule has 1 heterocycles. The zero-order chi connectivity index (χ0) is 13.8. The largest absolute Gasteiger partial charge is 0.383 e. The highest BCUT2D eigenvalue weighted by Gasteiger charge is 2.21. The minimum absolute atomic E-state index is 0.681. The van der Waals surface area contributed by atoms with Gasteiger partial charge in [-0.25, -0.2) is 0 Å². The van der Waals surface area contributed by atoms with Crippen molar-refractivity contribution in [2.75, 3.05) is 53.1 Å². The average molecular weight is 272 g/mol. The highest BCUT2D eigenvalue weighted by atomic mass is 16.5. The standard InChI is InChI=1S/C15H32N2O2/c1-3-4-11-19-13-10-17-9-6-5-7-15(17)14-16-8-12-18-2/h15-16H,3-14H2,1-2H3. The number of likely N-dealkylation sites (tertiary alicyclic amines) is 1. The summed E-state index contributed by atoms with van der Waals surface area (Å²) in [5.41, 5.74) is 0. The Bertz CT molecular complexity index is 203. The fourth-order valence-electron chi connectivity index (χ4n) is 2.56. The first-order chi connectivity index (χ1) is 9.38. The van der Waals surface area contributed by atoms with E-state index < -0.39 is 0 Å². The molecule has 0 aliphatic carbocycles. The van der Waals surface area contributed by atoms with E-state index in [1.807, 2.05) is 0 Å². The summed E-state index contributed by atoms with van der Waals surface area (Å²) in [7, 11) is 1.75. The van der Waals surface area contributed by atoms with Crippen LogP contribution in [0.2, 0.25) is 0 Å². The number of methoxy groups -OCH3 is 1. The molecule has 0 aromatic heterocycles. The molecule has 114 valence electrons. The van der Waals surface area contributed by atoms with Crippen molar-refractivity contribution < 1.29 is 9.47 Å². The van der Waals surface area contributed by atoms with Gasteiger partial charge in [0.15, 0.2) is 0 Å². The maximum Gasteiger partial charge on any atom is 0.0593 e. The Morgan fingerprint density at radius 2 is 2.11 bits per heavy atom. The van der Waals surface area contributed by atoms with Crippen molar-refractivity contribution in [1.82, 2.24) is 10.2 Å². The van der Waals surface area contributed by atoms with Crippen molar-refractivity contribution in [3.63, 3.8) is 0 Å². The zero-order valence-electron chi connectivity index (χ0n) is 12.8. The Morgan fingerprint density at radius 3 is 2.89 bits per heavy atom. The van der Waals surface area contributed by atoms with E-state index in [0.717, 1.165) is 39.5 Å². The fraction of sp³-hybridized carbons (Fsp3) is 1.00. The number of unbranched alkanes of at least 4 members (excludes halogenated alkanes) is 1. The second-order valence-electron chi connectivity index (χ2n) is 5.35.